The normalized spacial score (nSPS) is 17.6. The molecule has 0 aliphatic carbocycles. The van der Waals surface area contributed by atoms with Crippen molar-refractivity contribution >= 4 is 10.8 Å². The first-order valence-corrected chi connectivity index (χ1v) is 8.19. The van der Waals surface area contributed by atoms with Gasteiger partial charge in [-0.3, -0.25) is 4.21 Å². The molecule has 0 saturated carbocycles. The molecule has 2 atom stereocenters. The molecular formula is C15H23NO3S. The lowest BCUT2D eigenvalue weighted by atomic mass is 10.1. The van der Waals surface area contributed by atoms with Crippen LogP contribution in [0.25, 0.3) is 0 Å². The number of nitrogens with one attached hydrogen (secondary N) is 1. The smallest absolute Gasteiger partial charge is 0.161 e. The lowest BCUT2D eigenvalue weighted by molar-refractivity contribution is 0.171. The van der Waals surface area contributed by atoms with Crippen LogP contribution >= 0.6 is 0 Å². The van der Waals surface area contributed by atoms with Crippen molar-refractivity contribution < 1.29 is 13.7 Å². The highest BCUT2D eigenvalue weighted by Crippen LogP contribution is 2.33. The Balaban J connectivity index is 2.17. The van der Waals surface area contributed by atoms with E-state index in [1.54, 1.807) is 0 Å². The molecule has 1 N–H and O–H groups in total. The molecule has 0 bridgehead atoms. The molecule has 0 amide bonds. The molecule has 1 aromatic carbocycles. The highest BCUT2D eigenvalue weighted by atomic mass is 32.2. The third kappa shape index (κ3) is 3.52. The van der Waals surface area contributed by atoms with Crippen LogP contribution in [0.15, 0.2) is 18.2 Å². The van der Waals surface area contributed by atoms with E-state index in [4.69, 9.17) is 9.47 Å². The van der Waals surface area contributed by atoms with Gasteiger partial charge in [0, 0.05) is 27.3 Å². The standard InChI is InChI=1S/C15H23NO3S/c1-15(2,3)20(17)10-12(16-4)11-5-6-13-14(9-11)19-8-7-18-13/h5-6,9,12,16H,7-8,10H2,1-4H3. The van der Waals surface area contributed by atoms with Gasteiger partial charge < -0.3 is 14.8 Å². The summed E-state index contributed by atoms with van der Waals surface area (Å²) in [6.45, 7) is 7.17. The number of benzene rings is 1. The fourth-order valence-electron chi connectivity index (χ4n) is 2.02. The average Bonchev–Trinajstić information content (AvgIpc) is 2.43. The molecule has 1 heterocycles. The first kappa shape index (κ1) is 15.3. The maximum absolute atomic E-state index is 12.3. The fraction of sp³-hybridized carbons (Fsp3) is 0.600. The Labute approximate surface area is 123 Å². The molecular weight excluding hydrogens is 274 g/mol. The number of rotatable bonds is 4. The quantitative estimate of drug-likeness (QED) is 0.926. The number of hydrogen-bond donors (Lipinski definition) is 1. The zero-order valence-electron chi connectivity index (χ0n) is 12.6. The van der Waals surface area contributed by atoms with Crippen molar-refractivity contribution in [1.29, 1.82) is 0 Å². The van der Waals surface area contributed by atoms with Crippen molar-refractivity contribution in [1.82, 2.24) is 5.32 Å². The Morgan fingerprint density at radius 2 is 1.90 bits per heavy atom. The largest absolute Gasteiger partial charge is 0.486 e. The van der Waals surface area contributed by atoms with Crippen molar-refractivity contribution in [3.63, 3.8) is 0 Å². The Bertz CT molecular complexity index is 496. The third-order valence-electron chi connectivity index (χ3n) is 3.32. The van der Waals surface area contributed by atoms with Crippen molar-refractivity contribution in [2.24, 2.45) is 0 Å². The maximum Gasteiger partial charge on any atom is 0.161 e. The van der Waals surface area contributed by atoms with Crippen LogP contribution < -0.4 is 14.8 Å². The van der Waals surface area contributed by atoms with Gasteiger partial charge in [-0.25, -0.2) is 0 Å². The van der Waals surface area contributed by atoms with E-state index < -0.39 is 10.8 Å². The monoisotopic (exact) mass is 297 g/mol. The Morgan fingerprint density at radius 3 is 2.50 bits per heavy atom. The van der Waals surface area contributed by atoms with Crippen LogP contribution in [0, 0.1) is 0 Å². The Hall–Kier alpha value is -1.07. The molecule has 0 aromatic heterocycles. The highest BCUT2D eigenvalue weighted by molar-refractivity contribution is 7.86. The lowest BCUT2D eigenvalue weighted by Gasteiger charge is -2.24. The first-order chi connectivity index (χ1) is 9.41. The van der Waals surface area contributed by atoms with Crippen LogP contribution in [0.5, 0.6) is 11.5 Å². The minimum atomic E-state index is -0.904. The first-order valence-electron chi connectivity index (χ1n) is 6.87. The summed E-state index contributed by atoms with van der Waals surface area (Å²) in [6.07, 6.45) is 0. The topological polar surface area (TPSA) is 47.6 Å². The molecule has 0 radical (unpaired) electrons. The van der Waals surface area contributed by atoms with Gasteiger partial charge in [-0.2, -0.15) is 0 Å². The fourth-order valence-corrected chi connectivity index (χ4v) is 3.19. The summed E-state index contributed by atoms with van der Waals surface area (Å²) in [4.78, 5) is 0. The lowest BCUT2D eigenvalue weighted by Crippen LogP contribution is -2.31. The second-order valence-electron chi connectivity index (χ2n) is 5.87. The zero-order valence-corrected chi connectivity index (χ0v) is 13.4. The van der Waals surface area contributed by atoms with Gasteiger partial charge in [0.25, 0.3) is 0 Å². The third-order valence-corrected chi connectivity index (χ3v) is 5.32. The van der Waals surface area contributed by atoms with Gasteiger partial charge in [0.05, 0.1) is 0 Å². The maximum atomic E-state index is 12.3. The molecule has 0 saturated heterocycles. The minimum absolute atomic E-state index is 0.0471. The van der Waals surface area contributed by atoms with Crippen molar-refractivity contribution in [3.8, 4) is 11.5 Å². The molecule has 0 spiro atoms. The van der Waals surface area contributed by atoms with Crippen LogP contribution in [0.4, 0.5) is 0 Å². The molecule has 5 heteroatoms. The van der Waals surface area contributed by atoms with Crippen molar-refractivity contribution in [2.45, 2.75) is 31.6 Å². The Morgan fingerprint density at radius 1 is 1.25 bits per heavy atom. The summed E-state index contributed by atoms with van der Waals surface area (Å²) in [5.74, 6) is 2.14. The van der Waals surface area contributed by atoms with Gasteiger partial charge in [-0.05, 0) is 45.5 Å². The number of ether oxygens (including phenoxy) is 2. The summed E-state index contributed by atoms with van der Waals surface area (Å²) in [7, 11) is 0.986. The second-order valence-corrected chi connectivity index (χ2v) is 8.12. The van der Waals surface area contributed by atoms with E-state index in [9.17, 15) is 4.21 Å². The molecule has 4 nitrogen and oxygen atoms in total. The van der Waals surface area contributed by atoms with Crippen molar-refractivity contribution in [3.05, 3.63) is 23.8 Å². The van der Waals surface area contributed by atoms with E-state index in [1.165, 1.54) is 0 Å². The summed E-state index contributed by atoms with van der Waals surface area (Å²) in [5, 5.41) is 3.24. The van der Waals surface area contributed by atoms with Gasteiger partial charge >= 0.3 is 0 Å². The van der Waals surface area contributed by atoms with E-state index in [0.29, 0.717) is 19.0 Å². The molecule has 0 fully saturated rings. The molecule has 2 rings (SSSR count). The summed E-state index contributed by atoms with van der Waals surface area (Å²) in [5.41, 5.74) is 1.08. The van der Waals surface area contributed by atoms with E-state index in [1.807, 2.05) is 46.0 Å². The van der Waals surface area contributed by atoms with Gasteiger partial charge in [-0.15, -0.1) is 0 Å². The summed E-state index contributed by atoms with van der Waals surface area (Å²) in [6, 6.07) is 5.96. The molecule has 1 aliphatic heterocycles. The summed E-state index contributed by atoms with van der Waals surface area (Å²) >= 11 is 0. The molecule has 2 unspecified atom stereocenters. The Kier molecular flexibility index (Phi) is 4.70. The van der Waals surface area contributed by atoms with Gasteiger partial charge in [-0.1, -0.05) is 6.07 Å². The predicted molar refractivity (Wildman–Crippen MR) is 82.0 cm³/mol. The SMILES string of the molecule is CNC(CS(=O)C(C)(C)C)c1ccc2c(c1)OCCO2. The highest BCUT2D eigenvalue weighted by Gasteiger charge is 2.24. The molecule has 112 valence electrons. The summed E-state index contributed by atoms with van der Waals surface area (Å²) < 4.78 is 23.2. The van der Waals surface area contributed by atoms with Crippen LogP contribution in [-0.2, 0) is 10.8 Å². The van der Waals surface area contributed by atoms with Crippen LogP contribution in [0.2, 0.25) is 0 Å². The number of hydrogen-bond acceptors (Lipinski definition) is 4. The minimum Gasteiger partial charge on any atom is -0.486 e. The molecule has 20 heavy (non-hydrogen) atoms. The van der Waals surface area contributed by atoms with E-state index >= 15 is 0 Å². The van der Waals surface area contributed by atoms with E-state index in [2.05, 4.69) is 5.32 Å². The van der Waals surface area contributed by atoms with Crippen LogP contribution in [0.3, 0.4) is 0 Å². The van der Waals surface area contributed by atoms with Gasteiger partial charge in [0.2, 0.25) is 0 Å². The van der Waals surface area contributed by atoms with Gasteiger partial charge in [0.15, 0.2) is 11.5 Å². The van der Waals surface area contributed by atoms with Crippen molar-refractivity contribution in [2.75, 3.05) is 26.0 Å². The average molecular weight is 297 g/mol. The predicted octanol–water partition coefficient (Wildman–Crippen LogP) is 2.27. The zero-order chi connectivity index (χ0) is 14.8. The van der Waals surface area contributed by atoms with E-state index in [-0.39, 0.29) is 10.8 Å². The van der Waals surface area contributed by atoms with Crippen LogP contribution in [-0.4, -0.2) is 35.0 Å². The number of fused-ring (bicyclic) bond motifs is 1. The molecule has 1 aliphatic rings. The van der Waals surface area contributed by atoms with Crippen LogP contribution in [0.1, 0.15) is 32.4 Å². The van der Waals surface area contributed by atoms with Gasteiger partial charge in [0.1, 0.15) is 13.2 Å². The second kappa shape index (κ2) is 6.14. The van der Waals surface area contributed by atoms with E-state index in [0.717, 1.165) is 17.1 Å². The molecule has 1 aromatic rings.